The molecule has 0 aromatic heterocycles. The van der Waals surface area contributed by atoms with Crippen LogP contribution in [0.3, 0.4) is 0 Å². The Hall–Kier alpha value is -2.88. The molecule has 1 atom stereocenters. The van der Waals surface area contributed by atoms with Crippen LogP contribution < -0.4 is 14.8 Å². The Bertz CT molecular complexity index is 1320. The lowest BCUT2D eigenvalue weighted by Crippen LogP contribution is -2.32. The molecule has 0 bridgehead atoms. The summed E-state index contributed by atoms with van der Waals surface area (Å²) in [6.45, 7) is 0. The van der Waals surface area contributed by atoms with Gasteiger partial charge in [0.1, 0.15) is 4.91 Å². The highest BCUT2D eigenvalue weighted by Crippen LogP contribution is 2.35. The molecule has 2 heterocycles. The maximum atomic E-state index is 13.3. The largest absolute Gasteiger partial charge is 0.345 e. The summed E-state index contributed by atoms with van der Waals surface area (Å²) < 4.78 is 33.7. The lowest BCUT2D eigenvalue weighted by Gasteiger charge is -2.27. The van der Waals surface area contributed by atoms with E-state index < -0.39 is 10.0 Å². The van der Waals surface area contributed by atoms with Crippen molar-refractivity contribution in [3.63, 3.8) is 0 Å². The third-order valence-corrected chi connectivity index (χ3v) is 8.13. The highest BCUT2D eigenvalue weighted by Gasteiger charge is 2.31. The van der Waals surface area contributed by atoms with Crippen LogP contribution in [0.5, 0.6) is 0 Å². The number of hydrogen-bond acceptors (Lipinski definition) is 6. The number of hydrogen-bond donors (Lipinski definition) is 3. The second kappa shape index (κ2) is 8.81. The van der Waals surface area contributed by atoms with Crippen molar-refractivity contribution in [2.75, 3.05) is 4.72 Å². The number of halogens is 1. The van der Waals surface area contributed by atoms with E-state index in [1.54, 1.807) is 28.8 Å². The maximum Gasteiger partial charge on any atom is 0.264 e. The van der Waals surface area contributed by atoms with E-state index in [2.05, 4.69) is 20.8 Å². The van der Waals surface area contributed by atoms with E-state index in [1.165, 1.54) is 35.9 Å². The Labute approximate surface area is 201 Å². The number of carbonyl (C=O) groups excluding carboxylic acids is 1. The van der Waals surface area contributed by atoms with Crippen molar-refractivity contribution < 1.29 is 13.2 Å². The lowest BCUT2D eigenvalue weighted by atomic mass is 9.87. The number of allylic oxidation sites excluding steroid dienone is 2. The van der Waals surface area contributed by atoms with Gasteiger partial charge in [0.25, 0.3) is 15.9 Å². The highest BCUT2D eigenvalue weighted by molar-refractivity contribution is 7.97. The van der Waals surface area contributed by atoms with Crippen LogP contribution in [-0.4, -0.2) is 18.6 Å². The third-order valence-electron chi connectivity index (χ3n) is 5.74. The predicted octanol–water partition coefficient (Wildman–Crippen LogP) is 4.61. The first kappa shape index (κ1) is 21.9. The summed E-state index contributed by atoms with van der Waals surface area (Å²) >= 11 is 7.42. The molecule has 3 N–H and O–H groups in total. The fourth-order valence-corrected chi connectivity index (χ4v) is 6.35. The number of benzene rings is 2. The minimum Gasteiger partial charge on any atom is -0.345 e. The maximum absolute atomic E-state index is 13.3. The zero-order valence-electron chi connectivity index (χ0n) is 17.4. The van der Waals surface area contributed by atoms with Gasteiger partial charge in [-0.3, -0.25) is 13.8 Å². The van der Waals surface area contributed by atoms with Gasteiger partial charge in [-0.25, -0.2) is 8.42 Å². The molecule has 7 nitrogen and oxygen atoms in total. The molecule has 0 spiro atoms. The summed E-state index contributed by atoms with van der Waals surface area (Å²) in [5.41, 5.74) is 3.17. The van der Waals surface area contributed by atoms with Crippen LogP contribution in [0.1, 0.15) is 40.4 Å². The van der Waals surface area contributed by atoms with Crippen molar-refractivity contribution in [2.45, 2.75) is 25.3 Å². The number of anilines is 1. The quantitative estimate of drug-likeness (QED) is 0.519. The molecule has 3 aliphatic rings. The molecule has 2 aliphatic heterocycles. The summed E-state index contributed by atoms with van der Waals surface area (Å²) in [5, 5.41) is 3.40. The molecule has 1 amide bonds. The molecule has 0 fully saturated rings. The molecule has 1 aliphatic carbocycles. The average molecular weight is 501 g/mol. The van der Waals surface area contributed by atoms with Crippen molar-refractivity contribution in [1.82, 2.24) is 14.3 Å². The molecule has 5 rings (SSSR count). The Morgan fingerprint density at radius 3 is 2.94 bits per heavy atom. The average Bonchev–Trinajstić information content (AvgIpc) is 3.28. The third kappa shape index (κ3) is 4.36. The molecular formula is C23H21ClN4O3S2. The number of amides is 1. The summed E-state index contributed by atoms with van der Waals surface area (Å²) in [6, 6.07) is 12.5. The van der Waals surface area contributed by atoms with E-state index in [0.717, 1.165) is 24.8 Å². The van der Waals surface area contributed by atoms with Crippen molar-refractivity contribution in [3.05, 3.63) is 99.3 Å². The van der Waals surface area contributed by atoms with Crippen molar-refractivity contribution in [3.8, 4) is 0 Å². The molecule has 2 aromatic rings. The van der Waals surface area contributed by atoms with E-state index in [0.29, 0.717) is 10.7 Å². The van der Waals surface area contributed by atoms with Gasteiger partial charge >= 0.3 is 0 Å². The summed E-state index contributed by atoms with van der Waals surface area (Å²) in [7, 11) is -3.99. The van der Waals surface area contributed by atoms with Gasteiger partial charge in [0, 0.05) is 17.4 Å². The second-order valence-corrected chi connectivity index (χ2v) is 10.7. The van der Waals surface area contributed by atoms with Gasteiger partial charge in [-0.1, -0.05) is 35.9 Å². The van der Waals surface area contributed by atoms with Crippen molar-refractivity contribution >= 4 is 45.4 Å². The number of nitrogens with one attached hydrogen (secondary N) is 3. The molecule has 10 heteroatoms. The van der Waals surface area contributed by atoms with E-state index in [-0.39, 0.29) is 28.1 Å². The van der Waals surface area contributed by atoms with Gasteiger partial charge in [-0.05, 0) is 60.7 Å². The fourth-order valence-electron chi connectivity index (χ4n) is 4.20. The SMILES string of the molecule is O=C(NC1CCCc2ccccc21)c1ccc(Cl)cc1NS(=O)(=O)C1=CC=CN2SNC=C12. The lowest BCUT2D eigenvalue weighted by molar-refractivity contribution is 0.0933. The molecular weight excluding hydrogens is 480 g/mol. The number of nitrogens with zero attached hydrogens (tertiary/aromatic N) is 1. The zero-order chi connectivity index (χ0) is 23.0. The van der Waals surface area contributed by atoms with Crippen LogP contribution in [-0.2, 0) is 16.4 Å². The van der Waals surface area contributed by atoms with Crippen LogP contribution in [0.15, 0.2) is 77.6 Å². The Morgan fingerprint density at radius 2 is 2.06 bits per heavy atom. The molecule has 170 valence electrons. The Balaban J connectivity index is 1.43. The number of aryl methyl sites for hydroxylation is 1. The zero-order valence-corrected chi connectivity index (χ0v) is 19.8. The Kier molecular flexibility index (Phi) is 5.86. The molecule has 33 heavy (non-hydrogen) atoms. The van der Waals surface area contributed by atoms with Crippen molar-refractivity contribution in [2.24, 2.45) is 0 Å². The normalized spacial score (nSPS) is 19.1. The minimum absolute atomic E-state index is 0.0926. The van der Waals surface area contributed by atoms with Gasteiger partial charge in [0.05, 0.1) is 35.1 Å². The molecule has 0 saturated carbocycles. The molecule has 0 saturated heterocycles. The number of carbonyl (C=O) groups is 1. The summed E-state index contributed by atoms with van der Waals surface area (Å²) in [5.74, 6) is -0.359. The van der Waals surface area contributed by atoms with Gasteiger partial charge in [-0.2, -0.15) is 0 Å². The van der Waals surface area contributed by atoms with Crippen LogP contribution >= 0.6 is 23.7 Å². The Morgan fingerprint density at radius 1 is 1.21 bits per heavy atom. The molecule has 2 aromatic carbocycles. The monoisotopic (exact) mass is 500 g/mol. The van der Waals surface area contributed by atoms with Gasteiger partial charge in [-0.15, -0.1) is 0 Å². The van der Waals surface area contributed by atoms with Gasteiger partial charge in [0.15, 0.2) is 0 Å². The first-order chi connectivity index (χ1) is 15.9. The number of rotatable bonds is 5. The van der Waals surface area contributed by atoms with E-state index >= 15 is 0 Å². The summed E-state index contributed by atoms with van der Waals surface area (Å²) in [4.78, 5) is 13.3. The molecule has 0 radical (unpaired) electrons. The molecule has 1 unspecified atom stereocenters. The van der Waals surface area contributed by atoms with E-state index in [1.807, 2.05) is 18.2 Å². The van der Waals surface area contributed by atoms with Crippen LogP contribution in [0.2, 0.25) is 5.02 Å². The van der Waals surface area contributed by atoms with E-state index in [4.69, 9.17) is 11.6 Å². The summed E-state index contributed by atoms with van der Waals surface area (Å²) in [6.07, 6.45) is 9.32. The number of sulfonamides is 1. The predicted molar refractivity (Wildman–Crippen MR) is 131 cm³/mol. The van der Waals surface area contributed by atoms with Crippen LogP contribution in [0.4, 0.5) is 5.69 Å². The standard InChI is InChI=1S/C23H21ClN4O3S2/c24-16-10-11-18(23(29)26-19-8-3-6-15-5-1-2-7-17(15)19)20(13-16)27-33(30,31)22-9-4-12-28-21(22)14-25-32-28/h1-2,4-5,7,9-14,19,25,27H,3,6,8H2,(H,26,29). The first-order valence-corrected chi connectivity index (χ1v) is 13.1. The van der Waals surface area contributed by atoms with Crippen molar-refractivity contribution in [1.29, 1.82) is 0 Å². The smallest absolute Gasteiger partial charge is 0.264 e. The van der Waals surface area contributed by atoms with E-state index in [9.17, 15) is 13.2 Å². The fraction of sp³-hybridized carbons (Fsp3) is 0.174. The highest BCUT2D eigenvalue weighted by atomic mass is 35.5. The van der Waals surface area contributed by atoms with Gasteiger partial charge in [0.2, 0.25) is 0 Å². The topological polar surface area (TPSA) is 90.5 Å². The van der Waals surface area contributed by atoms with Crippen LogP contribution in [0, 0.1) is 0 Å². The van der Waals surface area contributed by atoms with Gasteiger partial charge < -0.3 is 10.0 Å². The second-order valence-electron chi connectivity index (χ2n) is 7.85. The first-order valence-electron chi connectivity index (χ1n) is 10.4. The minimum atomic E-state index is -3.99. The van der Waals surface area contributed by atoms with Crippen LogP contribution in [0.25, 0.3) is 0 Å². The number of fused-ring (bicyclic) bond motifs is 2.